The molecule has 1 amide bonds. The molecule has 2 aromatic rings. The lowest BCUT2D eigenvalue weighted by Crippen LogP contribution is -2.15. The van der Waals surface area contributed by atoms with Crippen LogP contribution in [-0.4, -0.2) is 15.7 Å². The topological polar surface area (TPSA) is 46.9 Å². The van der Waals surface area contributed by atoms with E-state index in [1.807, 2.05) is 13.0 Å². The summed E-state index contributed by atoms with van der Waals surface area (Å²) in [5, 5.41) is 6.07. The van der Waals surface area contributed by atoms with Crippen molar-refractivity contribution in [2.24, 2.45) is 7.05 Å². The van der Waals surface area contributed by atoms with E-state index in [0.29, 0.717) is 5.69 Å². The van der Waals surface area contributed by atoms with Crippen molar-refractivity contribution in [1.29, 1.82) is 0 Å². The summed E-state index contributed by atoms with van der Waals surface area (Å²) in [5.41, 5.74) is 2.21. The second-order valence-electron chi connectivity index (χ2n) is 6.00. The third kappa shape index (κ3) is 3.23. The third-order valence-electron chi connectivity index (χ3n) is 4.40. The van der Waals surface area contributed by atoms with Gasteiger partial charge < -0.3 is 5.32 Å². The van der Waals surface area contributed by atoms with Gasteiger partial charge in [-0.2, -0.15) is 17.7 Å². The zero-order valence-electron chi connectivity index (χ0n) is 13.8. The first-order chi connectivity index (χ1) is 12.2. The van der Waals surface area contributed by atoms with Crippen LogP contribution in [0.3, 0.4) is 0 Å². The van der Waals surface area contributed by atoms with Crippen LogP contribution in [0.2, 0.25) is 0 Å². The molecule has 1 aromatic carbocycles. The maximum Gasteiger partial charge on any atom is 0.282 e. The second kappa shape index (κ2) is 7.21. The van der Waals surface area contributed by atoms with E-state index < -0.39 is 18.0 Å². The largest absolute Gasteiger partial charge is 0.322 e. The van der Waals surface area contributed by atoms with Gasteiger partial charge in [-0.05, 0) is 22.8 Å². The summed E-state index contributed by atoms with van der Waals surface area (Å²) in [4.78, 5) is 12.6. The van der Waals surface area contributed by atoms with Gasteiger partial charge in [0.2, 0.25) is 0 Å². The number of benzene rings is 1. The van der Waals surface area contributed by atoms with Crippen molar-refractivity contribution in [3.8, 4) is 0 Å². The number of halogens is 4. The van der Waals surface area contributed by atoms with Gasteiger partial charge in [0.05, 0.1) is 10.8 Å². The lowest BCUT2D eigenvalue weighted by molar-refractivity contribution is 0.101. The van der Waals surface area contributed by atoms with Gasteiger partial charge in [0.1, 0.15) is 10.2 Å². The second-order valence-corrected chi connectivity index (χ2v) is 7.47. The summed E-state index contributed by atoms with van der Waals surface area (Å²) in [6.45, 7) is 1.90. The summed E-state index contributed by atoms with van der Waals surface area (Å²) in [6.07, 6.45) is -1.57. The quantitative estimate of drug-likeness (QED) is 0.657. The van der Waals surface area contributed by atoms with Crippen LogP contribution in [0.5, 0.6) is 0 Å². The van der Waals surface area contributed by atoms with E-state index in [0.717, 1.165) is 16.7 Å². The first-order valence-corrected chi connectivity index (χ1v) is 8.98. The standard InChI is InChI=1S/C17H15Cl2F2N3OS/c1-7-11-8(14(26)12(7)15(18)19)4-3-5-10(11)22-17(25)9-6-24(2)23-13(9)16(20)21/h3-7,14,16,26H,1-2H3,(H,22,25)/t7-,14+/m1/s1. The fourth-order valence-corrected chi connectivity index (χ4v) is 4.55. The number of alkyl halides is 2. The molecule has 4 nitrogen and oxygen atoms in total. The Bertz CT molecular complexity index is 909. The Morgan fingerprint density at radius 2 is 2.08 bits per heavy atom. The fourth-order valence-electron chi connectivity index (χ4n) is 3.27. The van der Waals surface area contributed by atoms with Gasteiger partial charge in [0.25, 0.3) is 12.3 Å². The van der Waals surface area contributed by atoms with Crippen molar-refractivity contribution in [1.82, 2.24) is 9.78 Å². The molecule has 9 heteroatoms. The van der Waals surface area contributed by atoms with Crippen LogP contribution in [0.1, 0.15) is 51.7 Å². The molecule has 1 aromatic heterocycles. The van der Waals surface area contributed by atoms with Gasteiger partial charge in [-0.1, -0.05) is 42.3 Å². The Labute approximate surface area is 164 Å². The zero-order valence-corrected chi connectivity index (χ0v) is 16.2. The van der Waals surface area contributed by atoms with E-state index in [2.05, 4.69) is 23.0 Å². The van der Waals surface area contributed by atoms with E-state index in [4.69, 9.17) is 23.2 Å². The van der Waals surface area contributed by atoms with Gasteiger partial charge in [-0.25, -0.2) is 8.78 Å². The fraction of sp³-hybridized carbons (Fsp3) is 0.294. The van der Waals surface area contributed by atoms with E-state index in [1.165, 1.54) is 17.9 Å². The number of hydrogen-bond donors (Lipinski definition) is 2. The number of nitrogens with one attached hydrogen (secondary N) is 1. The van der Waals surface area contributed by atoms with Gasteiger partial charge in [-0.3, -0.25) is 9.48 Å². The van der Waals surface area contributed by atoms with Crippen LogP contribution < -0.4 is 5.32 Å². The highest BCUT2D eigenvalue weighted by atomic mass is 35.5. The molecule has 0 spiro atoms. The van der Waals surface area contributed by atoms with Crippen molar-refractivity contribution in [2.75, 3.05) is 5.32 Å². The number of hydrogen-bond acceptors (Lipinski definition) is 3. The Hall–Kier alpha value is -1.57. The molecule has 1 aliphatic carbocycles. The Balaban J connectivity index is 2.00. The molecule has 0 saturated carbocycles. The first-order valence-electron chi connectivity index (χ1n) is 7.71. The summed E-state index contributed by atoms with van der Waals surface area (Å²) >= 11 is 16.5. The van der Waals surface area contributed by atoms with Crippen molar-refractivity contribution in [2.45, 2.75) is 24.5 Å². The lowest BCUT2D eigenvalue weighted by atomic mass is 9.99. The maximum atomic E-state index is 13.1. The van der Waals surface area contributed by atoms with Gasteiger partial charge >= 0.3 is 0 Å². The Kier molecular flexibility index (Phi) is 5.33. The minimum absolute atomic E-state index is 0.137. The van der Waals surface area contributed by atoms with Crippen LogP contribution in [-0.2, 0) is 7.05 Å². The summed E-state index contributed by atoms with van der Waals surface area (Å²) < 4.78 is 27.5. The molecule has 0 aliphatic heterocycles. The predicted octanol–water partition coefficient (Wildman–Crippen LogP) is 5.39. The third-order valence-corrected chi connectivity index (χ3v) is 5.40. The normalized spacial score (nSPS) is 19.0. The maximum absolute atomic E-state index is 13.1. The first kappa shape index (κ1) is 19.2. The average molecular weight is 418 g/mol. The number of aromatic nitrogens is 2. The Morgan fingerprint density at radius 1 is 1.38 bits per heavy atom. The minimum Gasteiger partial charge on any atom is -0.322 e. The van der Waals surface area contributed by atoms with Crippen LogP contribution in [0.15, 0.2) is 34.5 Å². The van der Waals surface area contributed by atoms with Gasteiger partial charge in [-0.15, -0.1) is 0 Å². The van der Waals surface area contributed by atoms with E-state index in [1.54, 1.807) is 12.1 Å². The van der Waals surface area contributed by atoms with E-state index in [9.17, 15) is 13.6 Å². The SMILES string of the molecule is C[C@H]1C(=C(Cl)Cl)[C@@H](S)c2cccc(NC(=O)c3cn(C)nc3C(F)F)c21. The van der Waals surface area contributed by atoms with Gasteiger partial charge in [0.15, 0.2) is 0 Å². The van der Waals surface area contributed by atoms with E-state index in [-0.39, 0.29) is 21.2 Å². The molecule has 2 atom stereocenters. The molecule has 0 bridgehead atoms. The average Bonchev–Trinajstić information content (AvgIpc) is 3.07. The number of carbonyl (C=O) groups excluding carboxylic acids is 1. The lowest BCUT2D eigenvalue weighted by Gasteiger charge is -2.14. The van der Waals surface area contributed by atoms with Crippen LogP contribution in [0.25, 0.3) is 0 Å². The molecule has 0 radical (unpaired) electrons. The predicted molar refractivity (Wildman–Crippen MR) is 101 cm³/mol. The van der Waals surface area contributed by atoms with Crippen molar-refractivity contribution in [3.05, 3.63) is 56.8 Å². The number of nitrogens with zero attached hydrogens (tertiary/aromatic N) is 2. The number of thiol groups is 1. The summed E-state index contributed by atoms with van der Waals surface area (Å²) in [6, 6.07) is 5.33. The Morgan fingerprint density at radius 3 is 2.69 bits per heavy atom. The van der Waals surface area contributed by atoms with Crippen molar-refractivity contribution < 1.29 is 13.6 Å². The minimum atomic E-state index is -2.84. The molecule has 0 unspecified atom stereocenters. The number of aryl methyl sites for hydroxylation is 1. The molecule has 138 valence electrons. The number of amides is 1. The number of carbonyl (C=O) groups is 1. The zero-order chi connectivity index (χ0) is 19.2. The summed E-state index contributed by atoms with van der Waals surface area (Å²) in [5.74, 6) is -0.823. The highest BCUT2D eigenvalue weighted by Crippen LogP contribution is 2.52. The summed E-state index contributed by atoms with van der Waals surface area (Å²) in [7, 11) is 1.48. The van der Waals surface area contributed by atoms with E-state index >= 15 is 0 Å². The van der Waals surface area contributed by atoms with Crippen molar-refractivity contribution >= 4 is 47.4 Å². The van der Waals surface area contributed by atoms with Gasteiger partial charge in [0, 0.05) is 24.8 Å². The smallest absolute Gasteiger partial charge is 0.282 e. The van der Waals surface area contributed by atoms with Crippen LogP contribution in [0, 0.1) is 0 Å². The number of fused-ring (bicyclic) bond motifs is 1. The van der Waals surface area contributed by atoms with Crippen molar-refractivity contribution in [3.63, 3.8) is 0 Å². The number of anilines is 1. The molecule has 0 saturated heterocycles. The molecule has 26 heavy (non-hydrogen) atoms. The molecular weight excluding hydrogens is 403 g/mol. The molecule has 1 heterocycles. The highest BCUT2D eigenvalue weighted by molar-refractivity contribution is 7.80. The highest BCUT2D eigenvalue weighted by Gasteiger charge is 2.35. The molecule has 0 fully saturated rings. The van der Waals surface area contributed by atoms with Crippen LogP contribution >= 0.6 is 35.8 Å². The molecule has 1 N–H and O–H groups in total. The monoisotopic (exact) mass is 417 g/mol. The molecular formula is C17H15Cl2F2N3OS. The number of rotatable bonds is 3. The van der Waals surface area contributed by atoms with Crippen LogP contribution in [0.4, 0.5) is 14.5 Å². The molecule has 1 aliphatic rings. The molecule has 3 rings (SSSR count).